The molecular formula is C7H13ClO3. The number of halogens is 1. The van der Waals surface area contributed by atoms with Gasteiger partial charge in [-0.3, -0.25) is 4.79 Å². The molecule has 1 N–H and O–H groups in total. The Kier molecular flexibility index (Phi) is 4.45. The molecule has 4 heteroatoms. The minimum atomic E-state index is -0.718. The van der Waals surface area contributed by atoms with Crippen LogP contribution in [0.3, 0.4) is 0 Å². The molecule has 1 fully saturated rings. The van der Waals surface area contributed by atoms with Crippen molar-refractivity contribution in [1.82, 2.24) is 0 Å². The van der Waals surface area contributed by atoms with E-state index in [9.17, 15) is 4.79 Å². The van der Waals surface area contributed by atoms with Gasteiger partial charge in [-0.2, -0.15) is 0 Å². The summed E-state index contributed by atoms with van der Waals surface area (Å²) in [5, 5.41) is 8.63. The molecule has 0 bridgehead atoms. The first-order valence-electron chi connectivity index (χ1n) is 3.51. The fourth-order valence-electron chi connectivity index (χ4n) is 1.49. The molecule has 0 aliphatic heterocycles. The van der Waals surface area contributed by atoms with Gasteiger partial charge in [0.2, 0.25) is 0 Å². The lowest BCUT2D eigenvalue weighted by Crippen LogP contribution is -2.24. The molecule has 1 saturated carbocycles. The summed E-state index contributed by atoms with van der Waals surface area (Å²) in [6.07, 6.45) is 2.61. The summed E-state index contributed by atoms with van der Waals surface area (Å²) >= 11 is 0. The van der Waals surface area contributed by atoms with Crippen molar-refractivity contribution in [2.75, 3.05) is 7.11 Å². The number of hydrogen-bond donors (Lipinski definition) is 1. The molecule has 3 nitrogen and oxygen atoms in total. The number of methoxy groups -OCH3 is 1. The summed E-state index contributed by atoms with van der Waals surface area (Å²) in [5.41, 5.74) is 0. The maximum atomic E-state index is 10.5. The van der Waals surface area contributed by atoms with Crippen LogP contribution in [0, 0.1) is 5.92 Å². The molecule has 1 aliphatic rings. The summed E-state index contributed by atoms with van der Waals surface area (Å²) in [7, 11) is 1.58. The average Bonchev–Trinajstić information content (AvgIpc) is 2.33. The van der Waals surface area contributed by atoms with Crippen molar-refractivity contribution < 1.29 is 14.6 Å². The number of ether oxygens (including phenoxy) is 1. The quantitative estimate of drug-likeness (QED) is 0.697. The fraction of sp³-hybridized carbons (Fsp3) is 0.857. The molecule has 0 amide bonds. The fourth-order valence-corrected chi connectivity index (χ4v) is 1.49. The normalized spacial score (nSPS) is 29.5. The van der Waals surface area contributed by atoms with E-state index >= 15 is 0 Å². The molecule has 1 rings (SSSR count). The van der Waals surface area contributed by atoms with Crippen LogP contribution < -0.4 is 0 Å². The second-order valence-electron chi connectivity index (χ2n) is 2.65. The molecule has 0 aromatic heterocycles. The number of carboxylic acids is 1. The molecule has 66 valence electrons. The van der Waals surface area contributed by atoms with Gasteiger partial charge in [0.1, 0.15) is 0 Å². The largest absolute Gasteiger partial charge is 0.481 e. The Morgan fingerprint density at radius 3 is 2.55 bits per heavy atom. The van der Waals surface area contributed by atoms with Crippen LogP contribution in [0.5, 0.6) is 0 Å². The summed E-state index contributed by atoms with van der Waals surface area (Å²) in [5.74, 6) is -0.977. The van der Waals surface area contributed by atoms with E-state index in [0.717, 1.165) is 19.3 Å². The van der Waals surface area contributed by atoms with Crippen LogP contribution in [-0.2, 0) is 9.53 Å². The lowest BCUT2D eigenvalue weighted by atomic mass is 10.1. The number of carboxylic acid groups (broad SMARTS) is 1. The molecule has 11 heavy (non-hydrogen) atoms. The van der Waals surface area contributed by atoms with Crippen molar-refractivity contribution in [2.45, 2.75) is 25.4 Å². The monoisotopic (exact) mass is 180 g/mol. The first kappa shape index (κ1) is 10.7. The zero-order chi connectivity index (χ0) is 7.56. The summed E-state index contributed by atoms with van der Waals surface area (Å²) < 4.78 is 5.00. The number of hydrogen-bond acceptors (Lipinski definition) is 2. The second-order valence-corrected chi connectivity index (χ2v) is 2.65. The first-order chi connectivity index (χ1) is 4.75. The highest BCUT2D eigenvalue weighted by molar-refractivity contribution is 5.85. The van der Waals surface area contributed by atoms with E-state index in [0.29, 0.717) is 0 Å². The Morgan fingerprint density at radius 1 is 1.55 bits per heavy atom. The van der Waals surface area contributed by atoms with Crippen LogP contribution in [0.15, 0.2) is 0 Å². The van der Waals surface area contributed by atoms with Gasteiger partial charge in [-0.15, -0.1) is 12.4 Å². The van der Waals surface area contributed by atoms with Gasteiger partial charge in [0.15, 0.2) is 0 Å². The van der Waals surface area contributed by atoms with Gasteiger partial charge in [-0.05, 0) is 19.3 Å². The smallest absolute Gasteiger partial charge is 0.309 e. The van der Waals surface area contributed by atoms with E-state index in [1.165, 1.54) is 0 Å². The lowest BCUT2D eigenvalue weighted by molar-refractivity contribution is -0.145. The maximum absolute atomic E-state index is 10.5. The van der Waals surface area contributed by atoms with Gasteiger partial charge < -0.3 is 9.84 Å². The van der Waals surface area contributed by atoms with Crippen molar-refractivity contribution in [3.63, 3.8) is 0 Å². The van der Waals surface area contributed by atoms with Crippen molar-refractivity contribution >= 4 is 18.4 Å². The van der Waals surface area contributed by atoms with Crippen molar-refractivity contribution in [1.29, 1.82) is 0 Å². The van der Waals surface area contributed by atoms with E-state index in [-0.39, 0.29) is 24.4 Å². The van der Waals surface area contributed by atoms with E-state index in [1.54, 1.807) is 7.11 Å². The minimum absolute atomic E-state index is 0. The summed E-state index contributed by atoms with van der Waals surface area (Å²) in [6, 6.07) is 0. The Morgan fingerprint density at radius 2 is 2.18 bits per heavy atom. The Bertz CT molecular complexity index is 138. The van der Waals surface area contributed by atoms with Crippen molar-refractivity contribution in [2.24, 2.45) is 5.92 Å². The molecule has 0 unspecified atom stereocenters. The highest BCUT2D eigenvalue weighted by atomic mass is 35.5. The van der Waals surface area contributed by atoms with Crippen molar-refractivity contribution in [3.8, 4) is 0 Å². The van der Waals surface area contributed by atoms with E-state index in [4.69, 9.17) is 9.84 Å². The molecule has 2 atom stereocenters. The predicted molar refractivity (Wildman–Crippen MR) is 43.0 cm³/mol. The standard InChI is InChI=1S/C7H12O3.ClH/c1-10-6-4-2-3-5(6)7(8)9;/h5-6H,2-4H2,1H3,(H,8,9);1H/t5-,6-;/m0./s1. The third-order valence-corrected chi connectivity index (χ3v) is 2.07. The van der Waals surface area contributed by atoms with Crippen LogP contribution in [0.25, 0.3) is 0 Å². The lowest BCUT2D eigenvalue weighted by Gasteiger charge is -2.12. The first-order valence-corrected chi connectivity index (χ1v) is 3.51. The van der Waals surface area contributed by atoms with Crippen LogP contribution >= 0.6 is 12.4 Å². The molecule has 0 aromatic rings. The van der Waals surface area contributed by atoms with Gasteiger partial charge >= 0.3 is 5.97 Å². The van der Waals surface area contributed by atoms with Crippen molar-refractivity contribution in [3.05, 3.63) is 0 Å². The Balaban J connectivity index is 0.000001000. The Hall–Kier alpha value is -0.280. The minimum Gasteiger partial charge on any atom is -0.481 e. The third-order valence-electron chi connectivity index (χ3n) is 2.07. The predicted octanol–water partition coefficient (Wildman–Crippen LogP) is 1.31. The molecule has 1 aliphatic carbocycles. The van der Waals surface area contributed by atoms with Gasteiger partial charge in [0.25, 0.3) is 0 Å². The van der Waals surface area contributed by atoms with Gasteiger partial charge in [-0.25, -0.2) is 0 Å². The van der Waals surface area contributed by atoms with Gasteiger partial charge in [0.05, 0.1) is 12.0 Å². The van der Waals surface area contributed by atoms with Crippen LogP contribution in [-0.4, -0.2) is 24.3 Å². The zero-order valence-electron chi connectivity index (χ0n) is 6.45. The highest BCUT2D eigenvalue weighted by Crippen LogP contribution is 2.27. The van der Waals surface area contributed by atoms with E-state index < -0.39 is 5.97 Å². The zero-order valence-corrected chi connectivity index (χ0v) is 7.26. The SMILES string of the molecule is CO[C@H]1CCC[C@@H]1C(=O)O.Cl. The van der Waals surface area contributed by atoms with E-state index in [1.807, 2.05) is 0 Å². The summed E-state index contributed by atoms with van der Waals surface area (Å²) in [6.45, 7) is 0. The molecule has 0 spiro atoms. The molecule has 0 radical (unpaired) electrons. The topological polar surface area (TPSA) is 46.5 Å². The van der Waals surface area contributed by atoms with E-state index in [2.05, 4.69) is 0 Å². The van der Waals surface area contributed by atoms with Crippen LogP contribution in [0.1, 0.15) is 19.3 Å². The number of rotatable bonds is 2. The molecule has 0 aromatic carbocycles. The summed E-state index contributed by atoms with van der Waals surface area (Å²) in [4.78, 5) is 10.5. The molecular weight excluding hydrogens is 168 g/mol. The maximum Gasteiger partial charge on any atom is 0.309 e. The van der Waals surface area contributed by atoms with Crippen LogP contribution in [0.4, 0.5) is 0 Å². The molecule has 0 heterocycles. The second kappa shape index (κ2) is 4.57. The molecule has 0 saturated heterocycles. The number of carbonyl (C=O) groups is 1. The highest BCUT2D eigenvalue weighted by Gasteiger charge is 2.32. The third kappa shape index (κ3) is 2.34. The number of aliphatic carboxylic acids is 1. The average molecular weight is 181 g/mol. The van der Waals surface area contributed by atoms with Crippen LogP contribution in [0.2, 0.25) is 0 Å². The Labute approximate surface area is 72.1 Å². The van der Waals surface area contributed by atoms with Gasteiger partial charge in [0, 0.05) is 7.11 Å². The van der Waals surface area contributed by atoms with Gasteiger partial charge in [-0.1, -0.05) is 0 Å².